The van der Waals surface area contributed by atoms with E-state index in [-0.39, 0.29) is 0 Å². The normalized spacial score (nSPS) is 11.5. The highest BCUT2D eigenvalue weighted by atomic mass is 14.1. The predicted octanol–water partition coefficient (Wildman–Crippen LogP) is 14.7. The quantitative estimate of drug-likeness (QED) is 0.0759. The molecule has 0 aliphatic carbocycles. The van der Waals surface area contributed by atoms with E-state index in [9.17, 15) is 0 Å². The van der Waals surface area contributed by atoms with Crippen LogP contribution in [0.3, 0.4) is 0 Å². The van der Waals surface area contributed by atoms with Crippen molar-refractivity contribution in [3.63, 3.8) is 0 Å². The summed E-state index contributed by atoms with van der Waals surface area (Å²) in [7, 11) is 0. The van der Waals surface area contributed by atoms with Crippen molar-refractivity contribution in [1.29, 1.82) is 0 Å². The molecule has 1 radical (unpaired) electrons. The van der Waals surface area contributed by atoms with Gasteiger partial charge in [0.25, 0.3) is 0 Å². The maximum Gasteiger partial charge on any atom is -0.0238 e. The van der Waals surface area contributed by atoms with Gasteiger partial charge in [0.2, 0.25) is 0 Å². The van der Waals surface area contributed by atoms with E-state index in [1.807, 2.05) is 0 Å². The van der Waals surface area contributed by atoms with E-state index >= 15 is 0 Å². The van der Waals surface area contributed by atoms with Crippen LogP contribution in [-0.2, 0) is 12.8 Å². The number of unbranched alkanes of at least 4 members (excludes halogenated alkanes) is 28. The maximum absolute atomic E-state index is 4.28. The number of hydrogen-bond donors (Lipinski definition) is 0. The van der Waals surface area contributed by atoms with Gasteiger partial charge in [-0.3, -0.25) is 0 Å². The second kappa shape index (κ2) is 30.7. The van der Waals surface area contributed by atoms with Crippen LogP contribution in [0.5, 0.6) is 0 Å². The minimum Gasteiger partial charge on any atom is -0.0654 e. The second-order valence-corrected chi connectivity index (χ2v) is 13.6. The zero-order valence-corrected chi connectivity index (χ0v) is 28.6. The van der Waals surface area contributed by atoms with Gasteiger partial charge in [0, 0.05) is 0 Å². The minimum atomic E-state index is 1.22. The summed E-state index contributed by atoms with van der Waals surface area (Å²) in [6, 6.07) is 7.15. The first-order chi connectivity index (χ1) is 20.3. The highest BCUT2D eigenvalue weighted by Crippen LogP contribution is 2.18. The lowest BCUT2D eigenvalue weighted by Crippen LogP contribution is -1.93. The van der Waals surface area contributed by atoms with Crippen LogP contribution in [-0.4, -0.2) is 0 Å². The maximum atomic E-state index is 4.28. The van der Waals surface area contributed by atoms with Crippen LogP contribution < -0.4 is 0 Å². The molecule has 0 aliphatic rings. The Balaban J connectivity index is 1.93. The van der Waals surface area contributed by atoms with Gasteiger partial charge in [0.1, 0.15) is 0 Å². The van der Waals surface area contributed by atoms with Gasteiger partial charge < -0.3 is 0 Å². The summed E-state index contributed by atoms with van der Waals surface area (Å²) >= 11 is 0. The monoisotopic (exact) mass is 568 g/mol. The van der Waals surface area contributed by atoms with E-state index in [4.69, 9.17) is 0 Å². The van der Waals surface area contributed by atoms with Crippen LogP contribution in [0.2, 0.25) is 0 Å². The van der Waals surface area contributed by atoms with Crippen LogP contribution in [0.25, 0.3) is 0 Å². The zero-order chi connectivity index (χ0) is 29.5. The van der Waals surface area contributed by atoms with Crippen LogP contribution in [0.1, 0.15) is 223 Å². The molecule has 239 valence electrons. The molecule has 0 bridgehead atoms. The summed E-state index contributed by atoms with van der Waals surface area (Å²) in [5.74, 6) is 0. The third-order valence-electron chi connectivity index (χ3n) is 9.25. The summed E-state index contributed by atoms with van der Waals surface area (Å²) in [5, 5.41) is 0. The van der Waals surface area contributed by atoms with E-state index < -0.39 is 0 Å². The number of benzene rings is 1. The highest BCUT2D eigenvalue weighted by Gasteiger charge is 2.02. The van der Waals surface area contributed by atoms with E-state index in [1.165, 1.54) is 222 Å². The number of aryl methyl sites for hydroxylation is 2. The molecule has 0 saturated carbocycles. The molecule has 0 unspecified atom stereocenters. The van der Waals surface area contributed by atoms with Gasteiger partial charge in [-0.05, 0) is 49.3 Å². The average molecular weight is 568 g/mol. The van der Waals surface area contributed by atoms with Crippen LogP contribution in [0, 0.1) is 6.92 Å². The number of hydrogen-bond acceptors (Lipinski definition) is 0. The van der Waals surface area contributed by atoms with Crippen molar-refractivity contribution in [3.05, 3.63) is 41.8 Å². The highest BCUT2D eigenvalue weighted by molar-refractivity contribution is 5.32. The third kappa shape index (κ3) is 26.6. The molecular formula is C41H75. The van der Waals surface area contributed by atoms with Gasteiger partial charge in [-0.1, -0.05) is 212 Å². The van der Waals surface area contributed by atoms with Gasteiger partial charge in [-0.15, -0.1) is 0 Å². The Morgan fingerprint density at radius 3 is 0.780 bits per heavy atom. The molecule has 1 rings (SSSR count). The Labute approximate surface area is 260 Å². The molecule has 0 heteroatoms. The zero-order valence-electron chi connectivity index (χ0n) is 28.6. The van der Waals surface area contributed by atoms with Crippen LogP contribution >= 0.6 is 0 Å². The Morgan fingerprint density at radius 2 is 0.537 bits per heavy atom. The van der Waals surface area contributed by atoms with Crippen molar-refractivity contribution in [1.82, 2.24) is 0 Å². The molecule has 0 N–H and O–H groups in total. The summed E-state index contributed by atoms with van der Waals surface area (Å²) < 4.78 is 0. The molecule has 1 aromatic rings. The van der Waals surface area contributed by atoms with Crippen molar-refractivity contribution < 1.29 is 0 Å². The summed E-state index contributed by atoms with van der Waals surface area (Å²) in [6.45, 7) is 8.89. The summed E-state index contributed by atoms with van der Waals surface area (Å²) in [5.41, 5.74) is 4.28. The first-order valence-electron chi connectivity index (χ1n) is 19.2. The molecular weight excluding hydrogens is 492 g/mol. The van der Waals surface area contributed by atoms with E-state index in [2.05, 4.69) is 39.0 Å². The SMILES string of the molecule is [CH2]c1cc(CCCCCCCCCCCCCCCCC)cc(CCCCCCCCCCCCCCCCC)c1. The molecule has 0 aromatic heterocycles. The second-order valence-electron chi connectivity index (χ2n) is 13.6. The molecule has 0 spiro atoms. The van der Waals surface area contributed by atoms with Crippen molar-refractivity contribution >= 4 is 0 Å². The van der Waals surface area contributed by atoms with Crippen molar-refractivity contribution in [2.24, 2.45) is 0 Å². The molecule has 41 heavy (non-hydrogen) atoms. The van der Waals surface area contributed by atoms with Crippen molar-refractivity contribution in [2.45, 2.75) is 219 Å². The molecule has 0 saturated heterocycles. The van der Waals surface area contributed by atoms with Crippen LogP contribution in [0.15, 0.2) is 18.2 Å². The first-order valence-corrected chi connectivity index (χ1v) is 19.2. The summed E-state index contributed by atoms with van der Waals surface area (Å²) in [4.78, 5) is 0. The fourth-order valence-corrected chi connectivity index (χ4v) is 6.53. The van der Waals surface area contributed by atoms with Crippen molar-refractivity contribution in [2.75, 3.05) is 0 Å². The van der Waals surface area contributed by atoms with Gasteiger partial charge >= 0.3 is 0 Å². The lowest BCUT2D eigenvalue weighted by Gasteiger charge is -2.09. The molecule has 0 atom stereocenters. The van der Waals surface area contributed by atoms with E-state index in [1.54, 1.807) is 0 Å². The average Bonchev–Trinajstić information content (AvgIpc) is 2.97. The first kappa shape index (κ1) is 38.2. The molecule has 0 heterocycles. The molecule has 0 fully saturated rings. The fraction of sp³-hybridized carbons (Fsp3) is 0.829. The van der Waals surface area contributed by atoms with Crippen molar-refractivity contribution in [3.8, 4) is 0 Å². The third-order valence-corrected chi connectivity index (χ3v) is 9.25. The number of rotatable bonds is 32. The van der Waals surface area contributed by atoms with Gasteiger partial charge in [0.05, 0.1) is 0 Å². The van der Waals surface area contributed by atoms with Crippen LogP contribution in [0.4, 0.5) is 0 Å². The lowest BCUT2D eigenvalue weighted by molar-refractivity contribution is 0.532. The molecule has 0 nitrogen and oxygen atoms in total. The fourth-order valence-electron chi connectivity index (χ4n) is 6.53. The Hall–Kier alpha value is -0.780. The minimum absolute atomic E-state index is 1.22. The predicted molar refractivity (Wildman–Crippen MR) is 188 cm³/mol. The Kier molecular flexibility index (Phi) is 28.6. The standard InChI is InChI=1S/C41H75/c1-4-6-8-10-12-14-16-18-20-22-24-26-28-30-32-34-40-36-39(3)37-41(38-40)35-33-31-29-27-25-23-21-19-17-15-13-11-9-7-5-2/h36-38H,3-35H2,1-2H3. The van der Waals surface area contributed by atoms with Gasteiger partial charge in [0.15, 0.2) is 0 Å². The molecule has 1 aromatic carbocycles. The topological polar surface area (TPSA) is 0 Å². The van der Waals surface area contributed by atoms with Gasteiger partial charge in [-0.2, -0.15) is 0 Å². The molecule has 0 amide bonds. The summed E-state index contributed by atoms with van der Waals surface area (Å²) in [6.07, 6.45) is 45.7. The van der Waals surface area contributed by atoms with Gasteiger partial charge in [-0.25, -0.2) is 0 Å². The Bertz CT molecular complexity index is 591. The van der Waals surface area contributed by atoms with E-state index in [0.29, 0.717) is 0 Å². The largest absolute Gasteiger partial charge is 0.0654 e. The lowest BCUT2D eigenvalue weighted by atomic mass is 9.97. The molecule has 0 aliphatic heterocycles. The van der Waals surface area contributed by atoms with E-state index in [0.717, 1.165) is 0 Å². The smallest absolute Gasteiger partial charge is 0.0238 e. The Morgan fingerprint density at radius 1 is 0.317 bits per heavy atom.